The number of hydrogen-bond donors (Lipinski definition) is 2. The number of carbonyl (C=O) groups excluding carboxylic acids is 2. The summed E-state index contributed by atoms with van der Waals surface area (Å²) in [6.45, 7) is 3.11. The lowest BCUT2D eigenvalue weighted by atomic mass is 9.95. The van der Waals surface area contributed by atoms with E-state index in [-0.39, 0.29) is 31.3 Å². The van der Waals surface area contributed by atoms with Gasteiger partial charge >= 0.3 is 12.1 Å². The number of carboxylic acid groups (broad SMARTS) is 1. The molecule has 42 heavy (non-hydrogen) atoms. The third kappa shape index (κ3) is 7.18. The molecule has 1 heterocycles. The highest BCUT2D eigenvalue weighted by Gasteiger charge is 2.32. The van der Waals surface area contributed by atoms with Gasteiger partial charge in [0.05, 0.1) is 0 Å². The van der Waals surface area contributed by atoms with Crippen LogP contribution in [0.3, 0.4) is 0 Å². The summed E-state index contributed by atoms with van der Waals surface area (Å²) in [5.41, 5.74) is 5.73. The van der Waals surface area contributed by atoms with Crippen LogP contribution >= 0.6 is 0 Å². The van der Waals surface area contributed by atoms with Gasteiger partial charge in [0.2, 0.25) is 5.91 Å². The number of nitrogens with zero attached hydrogens (tertiary/aromatic N) is 2. The third-order valence-corrected chi connectivity index (χ3v) is 8.37. The number of carbonyl (C=O) groups is 3. The molecule has 1 fully saturated rings. The lowest BCUT2D eigenvalue weighted by Crippen LogP contribution is -2.51. The highest BCUT2D eigenvalue weighted by Crippen LogP contribution is 2.44. The Hall–Kier alpha value is -4.17. The second-order valence-corrected chi connectivity index (χ2v) is 11.4. The Morgan fingerprint density at radius 1 is 0.929 bits per heavy atom. The zero-order valence-electron chi connectivity index (χ0n) is 24.1. The number of fused-ring (bicyclic) bond motifs is 3. The molecular formula is C34H39N3O5. The standard InChI is InChI=1S/C34H39N3O5/c1-36(21-24-9-3-2-4-10-24)22-25-17-19-37(20-18-25)33(40)31(15-16-32(38)39)35-34(41)42-23-30-28-13-7-5-11-26(28)27-12-6-8-14-29(27)30/h2-14,25,30-31H,15-23H2,1H3,(H,35,41)(H,38,39). The van der Waals surface area contributed by atoms with Gasteiger partial charge in [0.1, 0.15) is 12.6 Å². The van der Waals surface area contributed by atoms with Crippen LogP contribution in [0.5, 0.6) is 0 Å². The predicted molar refractivity (Wildman–Crippen MR) is 161 cm³/mol. The van der Waals surface area contributed by atoms with Crippen molar-refractivity contribution in [3.05, 3.63) is 95.6 Å². The summed E-state index contributed by atoms with van der Waals surface area (Å²) in [6, 6.07) is 25.6. The fraction of sp³-hybridized carbons (Fsp3) is 0.382. The van der Waals surface area contributed by atoms with E-state index in [0.717, 1.165) is 48.2 Å². The Kier molecular flexibility index (Phi) is 9.54. The molecule has 8 nitrogen and oxygen atoms in total. The monoisotopic (exact) mass is 569 g/mol. The highest BCUT2D eigenvalue weighted by atomic mass is 16.5. The SMILES string of the molecule is CN(Cc1ccccc1)CC1CCN(C(=O)C(CCC(=O)O)NC(=O)OCC2c3ccccc3-c3ccccc32)CC1. The summed E-state index contributed by atoms with van der Waals surface area (Å²) in [4.78, 5) is 41.8. The number of alkyl carbamates (subject to hydrolysis) is 1. The van der Waals surface area contributed by atoms with E-state index < -0.39 is 18.1 Å². The van der Waals surface area contributed by atoms with Gasteiger partial charge in [0.15, 0.2) is 0 Å². The molecule has 0 spiro atoms. The van der Waals surface area contributed by atoms with Gasteiger partial charge < -0.3 is 25.0 Å². The number of nitrogens with one attached hydrogen (secondary N) is 1. The Morgan fingerprint density at radius 2 is 1.52 bits per heavy atom. The number of carboxylic acids is 1. The van der Waals surface area contributed by atoms with E-state index >= 15 is 0 Å². The van der Waals surface area contributed by atoms with Gasteiger partial charge in [-0.1, -0.05) is 78.9 Å². The first-order chi connectivity index (χ1) is 20.4. The van der Waals surface area contributed by atoms with Crippen LogP contribution in [0.4, 0.5) is 4.79 Å². The maximum absolute atomic E-state index is 13.5. The van der Waals surface area contributed by atoms with Crippen molar-refractivity contribution in [2.45, 2.75) is 44.2 Å². The smallest absolute Gasteiger partial charge is 0.407 e. The fourth-order valence-corrected chi connectivity index (χ4v) is 6.26. The van der Waals surface area contributed by atoms with Gasteiger partial charge in [-0.25, -0.2) is 4.79 Å². The van der Waals surface area contributed by atoms with Crippen molar-refractivity contribution < 1.29 is 24.2 Å². The number of benzene rings is 3. The van der Waals surface area contributed by atoms with Crippen LogP contribution in [0, 0.1) is 5.92 Å². The van der Waals surface area contributed by atoms with Crippen LogP contribution in [0.2, 0.25) is 0 Å². The van der Waals surface area contributed by atoms with Crippen LogP contribution < -0.4 is 5.32 Å². The highest BCUT2D eigenvalue weighted by molar-refractivity contribution is 5.86. The molecule has 2 amide bonds. The molecule has 8 heteroatoms. The number of amides is 2. The second-order valence-electron chi connectivity index (χ2n) is 11.4. The molecular weight excluding hydrogens is 530 g/mol. The summed E-state index contributed by atoms with van der Waals surface area (Å²) in [5.74, 6) is -0.895. The predicted octanol–water partition coefficient (Wildman–Crippen LogP) is 5.13. The number of piperidine rings is 1. The quantitative estimate of drug-likeness (QED) is 0.332. The first-order valence-corrected chi connectivity index (χ1v) is 14.7. The normalized spacial score (nSPS) is 15.6. The molecule has 220 valence electrons. The van der Waals surface area contributed by atoms with Crippen molar-refractivity contribution in [3.8, 4) is 11.1 Å². The molecule has 3 aromatic carbocycles. The Bertz CT molecular complexity index is 1340. The molecule has 0 saturated carbocycles. The van der Waals surface area contributed by atoms with Crippen molar-refractivity contribution in [2.75, 3.05) is 33.3 Å². The first-order valence-electron chi connectivity index (χ1n) is 14.7. The molecule has 2 aliphatic rings. The van der Waals surface area contributed by atoms with E-state index in [1.54, 1.807) is 4.90 Å². The van der Waals surface area contributed by atoms with Crippen LogP contribution in [-0.2, 0) is 20.9 Å². The van der Waals surface area contributed by atoms with Gasteiger partial charge in [-0.2, -0.15) is 0 Å². The van der Waals surface area contributed by atoms with E-state index in [1.807, 2.05) is 54.6 Å². The van der Waals surface area contributed by atoms with E-state index in [1.165, 1.54) is 5.56 Å². The van der Waals surface area contributed by atoms with Gasteiger partial charge in [-0.3, -0.25) is 9.59 Å². The molecule has 3 aromatic rings. The van der Waals surface area contributed by atoms with Crippen LogP contribution in [0.25, 0.3) is 11.1 Å². The summed E-state index contributed by atoms with van der Waals surface area (Å²) in [7, 11) is 2.12. The number of rotatable bonds is 11. The maximum Gasteiger partial charge on any atom is 0.407 e. The summed E-state index contributed by atoms with van der Waals surface area (Å²) in [5, 5.41) is 12.0. The number of hydrogen-bond acceptors (Lipinski definition) is 5. The molecule has 1 atom stereocenters. The molecule has 2 N–H and O–H groups in total. The molecule has 1 saturated heterocycles. The minimum Gasteiger partial charge on any atom is -0.481 e. The summed E-state index contributed by atoms with van der Waals surface area (Å²) >= 11 is 0. The third-order valence-electron chi connectivity index (χ3n) is 8.37. The van der Waals surface area contributed by atoms with Crippen LogP contribution in [0.15, 0.2) is 78.9 Å². The Balaban J connectivity index is 1.15. The minimum atomic E-state index is -1.01. The van der Waals surface area contributed by atoms with Gasteiger partial charge in [0, 0.05) is 38.5 Å². The second kappa shape index (κ2) is 13.7. The largest absolute Gasteiger partial charge is 0.481 e. The van der Waals surface area contributed by atoms with E-state index in [0.29, 0.717) is 19.0 Å². The Morgan fingerprint density at radius 3 is 2.14 bits per heavy atom. The summed E-state index contributed by atoms with van der Waals surface area (Å²) < 4.78 is 5.65. The average Bonchev–Trinajstić information content (AvgIpc) is 3.32. The molecule has 1 aliphatic carbocycles. The molecule has 0 bridgehead atoms. The number of ether oxygens (including phenoxy) is 1. The van der Waals surface area contributed by atoms with Gasteiger partial charge in [-0.05, 0) is 60.0 Å². The lowest BCUT2D eigenvalue weighted by molar-refractivity contribution is -0.138. The minimum absolute atomic E-state index is 0.0120. The molecule has 0 radical (unpaired) electrons. The first kappa shape index (κ1) is 29.3. The van der Waals surface area contributed by atoms with Crippen molar-refractivity contribution in [1.82, 2.24) is 15.1 Å². The van der Waals surface area contributed by atoms with E-state index in [9.17, 15) is 19.5 Å². The van der Waals surface area contributed by atoms with Crippen molar-refractivity contribution in [3.63, 3.8) is 0 Å². The Labute approximate surface area is 247 Å². The van der Waals surface area contributed by atoms with Crippen LogP contribution in [0.1, 0.15) is 48.3 Å². The molecule has 5 rings (SSSR count). The molecule has 1 unspecified atom stereocenters. The fourth-order valence-electron chi connectivity index (χ4n) is 6.26. The number of aliphatic carboxylic acids is 1. The van der Waals surface area contributed by atoms with Crippen LogP contribution in [-0.4, -0.2) is 72.2 Å². The zero-order chi connectivity index (χ0) is 29.5. The summed E-state index contributed by atoms with van der Waals surface area (Å²) in [6.07, 6.45) is 0.806. The van der Waals surface area contributed by atoms with Gasteiger partial charge in [0.25, 0.3) is 0 Å². The van der Waals surface area contributed by atoms with Gasteiger partial charge in [-0.15, -0.1) is 0 Å². The maximum atomic E-state index is 13.5. The zero-order valence-corrected chi connectivity index (χ0v) is 24.1. The van der Waals surface area contributed by atoms with Crippen molar-refractivity contribution in [2.24, 2.45) is 5.92 Å². The molecule has 0 aromatic heterocycles. The van der Waals surface area contributed by atoms with Crippen molar-refractivity contribution in [1.29, 1.82) is 0 Å². The molecule has 1 aliphatic heterocycles. The topological polar surface area (TPSA) is 99.2 Å². The van der Waals surface area contributed by atoms with E-state index in [4.69, 9.17) is 4.74 Å². The van der Waals surface area contributed by atoms with E-state index in [2.05, 4.69) is 41.5 Å². The van der Waals surface area contributed by atoms with Crippen molar-refractivity contribution >= 4 is 18.0 Å². The lowest BCUT2D eigenvalue weighted by Gasteiger charge is -2.35. The average molecular weight is 570 g/mol. The number of likely N-dealkylation sites (tertiary alicyclic amines) is 1.